The standard InChI is InChI=1S/C12H24N2O3/c1-8-2-4-14(5-3-8)11-9(6-13)17-10(7-15)12(11)16/h8-12,15-16H,2-7,13H2,1H3. The molecule has 5 nitrogen and oxygen atoms in total. The summed E-state index contributed by atoms with van der Waals surface area (Å²) in [6, 6.07) is -0.0513. The van der Waals surface area contributed by atoms with E-state index in [9.17, 15) is 5.11 Å². The Hall–Kier alpha value is -0.200. The Morgan fingerprint density at radius 2 is 1.94 bits per heavy atom. The number of nitrogens with zero attached hydrogens (tertiary/aromatic N) is 1. The number of piperidine rings is 1. The fraction of sp³-hybridized carbons (Fsp3) is 1.00. The molecule has 4 N–H and O–H groups in total. The molecule has 100 valence electrons. The molecular formula is C12H24N2O3. The van der Waals surface area contributed by atoms with Gasteiger partial charge in [0.25, 0.3) is 0 Å². The van der Waals surface area contributed by atoms with Gasteiger partial charge in [0, 0.05) is 6.54 Å². The Morgan fingerprint density at radius 1 is 1.29 bits per heavy atom. The van der Waals surface area contributed by atoms with E-state index in [4.69, 9.17) is 15.6 Å². The van der Waals surface area contributed by atoms with Gasteiger partial charge in [-0.25, -0.2) is 0 Å². The van der Waals surface area contributed by atoms with Gasteiger partial charge in [0.15, 0.2) is 0 Å². The molecule has 0 spiro atoms. The molecule has 0 amide bonds. The van der Waals surface area contributed by atoms with Crippen molar-refractivity contribution in [2.45, 2.75) is 44.1 Å². The Labute approximate surface area is 103 Å². The topological polar surface area (TPSA) is 79.0 Å². The lowest BCUT2D eigenvalue weighted by atomic mass is 9.94. The van der Waals surface area contributed by atoms with E-state index < -0.39 is 12.2 Å². The highest BCUT2D eigenvalue weighted by Crippen LogP contribution is 2.28. The molecule has 0 radical (unpaired) electrons. The van der Waals surface area contributed by atoms with Crippen molar-refractivity contribution in [3.63, 3.8) is 0 Å². The van der Waals surface area contributed by atoms with Crippen LogP contribution in [-0.4, -0.2) is 65.7 Å². The van der Waals surface area contributed by atoms with E-state index in [2.05, 4.69) is 11.8 Å². The highest BCUT2D eigenvalue weighted by Gasteiger charge is 2.45. The first-order valence-corrected chi connectivity index (χ1v) is 6.56. The predicted octanol–water partition coefficient (Wildman–Crippen LogP) is -0.834. The number of rotatable bonds is 3. The first-order valence-electron chi connectivity index (χ1n) is 6.56. The molecule has 4 atom stereocenters. The van der Waals surface area contributed by atoms with Crippen LogP contribution in [-0.2, 0) is 4.74 Å². The molecule has 2 fully saturated rings. The van der Waals surface area contributed by atoms with Crippen LogP contribution >= 0.6 is 0 Å². The first-order chi connectivity index (χ1) is 8.17. The maximum absolute atomic E-state index is 10.2. The smallest absolute Gasteiger partial charge is 0.109 e. The fourth-order valence-electron chi connectivity index (χ4n) is 2.95. The van der Waals surface area contributed by atoms with Gasteiger partial charge in [0.2, 0.25) is 0 Å². The van der Waals surface area contributed by atoms with Crippen LogP contribution < -0.4 is 5.73 Å². The van der Waals surface area contributed by atoms with Crippen LogP contribution in [0, 0.1) is 5.92 Å². The van der Waals surface area contributed by atoms with Crippen LogP contribution in [0.3, 0.4) is 0 Å². The average Bonchev–Trinajstić information content (AvgIpc) is 2.67. The molecule has 2 aliphatic rings. The van der Waals surface area contributed by atoms with Crippen LogP contribution in [0.4, 0.5) is 0 Å². The Morgan fingerprint density at radius 3 is 2.47 bits per heavy atom. The normalized spacial score (nSPS) is 40.9. The van der Waals surface area contributed by atoms with Gasteiger partial charge in [0.1, 0.15) is 12.2 Å². The molecule has 0 aromatic carbocycles. The molecule has 0 aromatic heterocycles. The monoisotopic (exact) mass is 244 g/mol. The SMILES string of the molecule is CC1CCN(C2C(CN)OC(CO)C2O)CC1. The average molecular weight is 244 g/mol. The highest BCUT2D eigenvalue weighted by atomic mass is 16.5. The van der Waals surface area contributed by atoms with Gasteiger partial charge < -0.3 is 20.7 Å². The van der Waals surface area contributed by atoms with Crippen molar-refractivity contribution in [3.8, 4) is 0 Å². The van der Waals surface area contributed by atoms with E-state index in [0.29, 0.717) is 6.54 Å². The lowest BCUT2D eigenvalue weighted by Crippen LogP contribution is -2.52. The molecule has 0 bridgehead atoms. The second-order valence-electron chi connectivity index (χ2n) is 5.33. The van der Waals surface area contributed by atoms with Crippen molar-refractivity contribution < 1.29 is 14.9 Å². The fourth-order valence-corrected chi connectivity index (χ4v) is 2.95. The van der Waals surface area contributed by atoms with E-state index >= 15 is 0 Å². The summed E-state index contributed by atoms with van der Waals surface area (Å²) in [4.78, 5) is 2.28. The van der Waals surface area contributed by atoms with E-state index in [0.717, 1.165) is 31.8 Å². The summed E-state index contributed by atoms with van der Waals surface area (Å²) in [5.74, 6) is 0.760. The first kappa shape index (κ1) is 13.2. The zero-order valence-corrected chi connectivity index (χ0v) is 10.5. The minimum absolute atomic E-state index is 0.0513. The molecule has 2 rings (SSSR count). The van der Waals surface area contributed by atoms with Crippen molar-refractivity contribution in [1.29, 1.82) is 0 Å². The minimum Gasteiger partial charge on any atom is -0.394 e. The maximum atomic E-state index is 10.2. The van der Waals surface area contributed by atoms with Crippen LogP contribution in [0.2, 0.25) is 0 Å². The van der Waals surface area contributed by atoms with Gasteiger partial charge >= 0.3 is 0 Å². The number of hydrogen-bond acceptors (Lipinski definition) is 5. The van der Waals surface area contributed by atoms with E-state index in [1.165, 1.54) is 0 Å². The summed E-state index contributed by atoms with van der Waals surface area (Å²) in [6.07, 6.45) is 1.06. The lowest BCUT2D eigenvalue weighted by Gasteiger charge is -2.37. The third kappa shape index (κ3) is 2.63. The Bertz CT molecular complexity index is 242. The summed E-state index contributed by atoms with van der Waals surface area (Å²) in [5, 5.41) is 19.3. The van der Waals surface area contributed by atoms with Gasteiger partial charge in [-0.1, -0.05) is 6.92 Å². The molecule has 2 saturated heterocycles. The molecule has 17 heavy (non-hydrogen) atoms. The van der Waals surface area contributed by atoms with E-state index in [-0.39, 0.29) is 18.8 Å². The summed E-state index contributed by atoms with van der Waals surface area (Å²) in [6.45, 7) is 4.49. The van der Waals surface area contributed by atoms with Crippen LogP contribution in [0.25, 0.3) is 0 Å². The third-order valence-corrected chi connectivity index (χ3v) is 4.11. The molecule has 2 aliphatic heterocycles. The summed E-state index contributed by atoms with van der Waals surface area (Å²) >= 11 is 0. The number of aliphatic hydroxyl groups excluding tert-OH is 2. The Balaban J connectivity index is 2.02. The number of hydrogen-bond donors (Lipinski definition) is 3. The second-order valence-corrected chi connectivity index (χ2v) is 5.33. The quantitative estimate of drug-likeness (QED) is 0.604. The van der Waals surface area contributed by atoms with Crippen LogP contribution in [0.1, 0.15) is 19.8 Å². The Kier molecular flexibility index (Phi) is 4.38. The minimum atomic E-state index is -0.623. The van der Waals surface area contributed by atoms with Crippen molar-refractivity contribution in [2.75, 3.05) is 26.2 Å². The maximum Gasteiger partial charge on any atom is 0.109 e. The zero-order valence-electron chi connectivity index (χ0n) is 10.5. The van der Waals surface area contributed by atoms with Crippen molar-refractivity contribution in [1.82, 2.24) is 4.90 Å². The summed E-state index contributed by atoms with van der Waals surface area (Å²) < 4.78 is 5.60. The number of likely N-dealkylation sites (tertiary alicyclic amines) is 1. The van der Waals surface area contributed by atoms with Gasteiger partial charge in [-0.3, -0.25) is 4.90 Å². The van der Waals surface area contributed by atoms with E-state index in [1.807, 2.05) is 0 Å². The summed E-state index contributed by atoms with van der Waals surface area (Å²) in [7, 11) is 0. The molecule has 0 aromatic rings. The molecule has 5 heteroatoms. The van der Waals surface area contributed by atoms with Crippen molar-refractivity contribution in [2.24, 2.45) is 11.7 Å². The molecule has 2 heterocycles. The van der Waals surface area contributed by atoms with Crippen LogP contribution in [0.5, 0.6) is 0 Å². The van der Waals surface area contributed by atoms with Crippen LogP contribution in [0.15, 0.2) is 0 Å². The highest BCUT2D eigenvalue weighted by molar-refractivity contribution is 4.98. The largest absolute Gasteiger partial charge is 0.394 e. The van der Waals surface area contributed by atoms with Gasteiger partial charge in [-0.2, -0.15) is 0 Å². The predicted molar refractivity (Wildman–Crippen MR) is 64.6 cm³/mol. The number of ether oxygens (including phenoxy) is 1. The zero-order chi connectivity index (χ0) is 12.4. The summed E-state index contributed by atoms with van der Waals surface area (Å²) in [5.41, 5.74) is 5.69. The van der Waals surface area contributed by atoms with Gasteiger partial charge in [0.05, 0.1) is 18.8 Å². The molecule has 0 saturated carbocycles. The molecular weight excluding hydrogens is 220 g/mol. The lowest BCUT2D eigenvalue weighted by molar-refractivity contribution is -0.0193. The van der Waals surface area contributed by atoms with E-state index in [1.54, 1.807) is 0 Å². The second kappa shape index (κ2) is 5.63. The van der Waals surface area contributed by atoms with Crippen molar-refractivity contribution in [3.05, 3.63) is 0 Å². The number of aliphatic hydroxyl groups is 2. The molecule has 4 unspecified atom stereocenters. The molecule has 0 aliphatic carbocycles. The van der Waals surface area contributed by atoms with Gasteiger partial charge in [-0.05, 0) is 31.8 Å². The number of nitrogens with two attached hydrogens (primary N) is 1. The van der Waals surface area contributed by atoms with Crippen molar-refractivity contribution >= 4 is 0 Å². The third-order valence-electron chi connectivity index (χ3n) is 4.11. The van der Waals surface area contributed by atoms with Gasteiger partial charge in [-0.15, -0.1) is 0 Å².